The van der Waals surface area contributed by atoms with Gasteiger partial charge in [-0.2, -0.15) is 0 Å². The maximum absolute atomic E-state index is 14.3. The van der Waals surface area contributed by atoms with Crippen molar-refractivity contribution >= 4 is 39.1 Å². The van der Waals surface area contributed by atoms with Gasteiger partial charge in [0.25, 0.3) is 10.0 Å². The van der Waals surface area contributed by atoms with Crippen LogP contribution in [0.25, 0.3) is 0 Å². The minimum absolute atomic E-state index is 0.0555. The van der Waals surface area contributed by atoms with Gasteiger partial charge in [-0.3, -0.25) is 13.9 Å². The Balaban J connectivity index is 2.16. The summed E-state index contributed by atoms with van der Waals surface area (Å²) in [6, 6.07) is 16.9. The topological polar surface area (TPSA) is 114 Å². The van der Waals surface area contributed by atoms with Crippen molar-refractivity contribution in [3.63, 3.8) is 0 Å². The number of hydrogen-bond donors (Lipinski definition) is 1. The van der Waals surface area contributed by atoms with Gasteiger partial charge in [0.15, 0.2) is 11.5 Å². The van der Waals surface area contributed by atoms with Crippen LogP contribution in [-0.4, -0.2) is 65.1 Å². The highest BCUT2D eigenvalue weighted by molar-refractivity contribution is 7.92. The molecule has 0 radical (unpaired) electrons. The van der Waals surface area contributed by atoms with Crippen molar-refractivity contribution in [2.24, 2.45) is 0 Å². The molecule has 1 N–H and O–H groups in total. The van der Waals surface area contributed by atoms with Gasteiger partial charge in [-0.05, 0) is 55.7 Å². The molecule has 0 spiro atoms. The van der Waals surface area contributed by atoms with Crippen LogP contribution in [0.3, 0.4) is 0 Å². The molecule has 12 heteroatoms. The highest BCUT2D eigenvalue weighted by Crippen LogP contribution is 2.37. The van der Waals surface area contributed by atoms with Gasteiger partial charge in [0.2, 0.25) is 11.8 Å². The van der Waals surface area contributed by atoms with E-state index in [1.807, 2.05) is 51.1 Å². The molecule has 0 aromatic heterocycles. The molecule has 238 valence electrons. The average Bonchev–Trinajstić information content (AvgIpc) is 3.03. The predicted octanol–water partition coefficient (Wildman–Crippen LogP) is 5.28. The number of carbonyl (C=O) groups excluding carboxylic acids is 2. The van der Waals surface area contributed by atoms with Gasteiger partial charge in [0.05, 0.1) is 31.9 Å². The number of halogens is 1. The van der Waals surface area contributed by atoms with Crippen LogP contribution in [0.5, 0.6) is 17.2 Å². The lowest BCUT2D eigenvalue weighted by Crippen LogP contribution is -2.53. The summed E-state index contributed by atoms with van der Waals surface area (Å²) in [4.78, 5) is 29.0. The smallest absolute Gasteiger partial charge is 0.265 e. The minimum Gasteiger partial charge on any atom is -0.495 e. The lowest BCUT2D eigenvalue weighted by Gasteiger charge is -2.34. The number of nitrogens with one attached hydrogen (secondary N) is 1. The van der Waals surface area contributed by atoms with E-state index in [4.69, 9.17) is 25.8 Å². The van der Waals surface area contributed by atoms with E-state index < -0.39 is 28.5 Å². The van der Waals surface area contributed by atoms with E-state index in [-0.39, 0.29) is 45.6 Å². The van der Waals surface area contributed by atoms with Crippen LogP contribution in [0.15, 0.2) is 71.6 Å². The number of hydrogen-bond acceptors (Lipinski definition) is 7. The molecule has 2 atom stereocenters. The number of ether oxygens (including phenoxy) is 3. The molecular formula is C32H40ClN3O7S. The lowest BCUT2D eigenvalue weighted by molar-refractivity contribution is -0.140. The molecule has 0 bridgehead atoms. The summed E-state index contributed by atoms with van der Waals surface area (Å²) in [5.74, 6) is -0.202. The van der Waals surface area contributed by atoms with Gasteiger partial charge >= 0.3 is 0 Å². The van der Waals surface area contributed by atoms with Gasteiger partial charge in [-0.15, -0.1) is 0 Å². The molecule has 0 fully saturated rings. The van der Waals surface area contributed by atoms with Crippen LogP contribution < -0.4 is 23.8 Å². The summed E-state index contributed by atoms with van der Waals surface area (Å²) in [6.45, 7) is 5.09. The molecule has 0 saturated carbocycles. The molecule has 3 rings (SSSR count). The molecule has 0 aliphatic carbocycles. The molecule has 2 amide bonds. The van der Waals surface area contributed by atoms with Crippen molar-refractivity contribution in [1.29, 1.82) is 0 Å². The Labute approximate surface area is 264 Å². The fourth-order valence-corrected chi connectivity index (χ4v) is 6.22. The van der Waals surface area contributed by atoms with Crippen molar-refractivity contribution < 1.29 is 32.2 Å². The summed E-state index contributed by atoms with van der Waals surface area (Å²) < 4.78 is 45.7. The van der Waals surface area contributed by atoms with Crippen LogP contribution >= 0.6 is 11.6 Å². The second kappa shape index (κ2) is 15.7. The van der Waals surface area contributed by atoms with Crippen LogP contribution in [0.4, 0.5) is 5.69 Å². The molecule has 0 aliphatic rings. The highest BCUT2D eigenvalue weighted by Gasteiger charge is 2.35. The second-order valence-electron chi connectivity index (χ2n) is 10.1. The standard InChI is InChI=1S/C32H40ClN3O7S/c1-7-22(3)34-32(38)26(8-2)35(20-23-12-10-9-11-13-23)31(37)21-36(27-18-24(33)14-16-28(27)41-4)44(39,40)25-15-17-29(42-5)30(19-25)43-6/h9-19,22,26H,7-8,20-21H2,1-6H3,(H,34,38)/t22-,26-/m0/s1. The van der Waals surface area contributed by atoms with Crippen molar-refractivity contribution in [2.45, 2.75) is 57.1 Å². The molecule has 0 unspecified atom stereocenters. The van der Waals surface area contributed by atoms with Crippen LogP contribution in [0, 0.1) is 0 Å². The van der Waals surface area contributed by atoms with E-state index >= 15 is 0 Å². The molecule has 44 heavy (non-hydrogen) atoms. The molecule has 10 nitrogen and oxygen atoms in total. The van der Waals surface area contributed by atoms with Crippen molar-refractivity contribution in [2.75, 3.05) is 32.2 Å². The minimum atomic E-state index is -4.43. The Kier molecular flexibility index (Phi) is 12.3. The normalized spacial score (nSPS) is 12.5. The van der Waals surface area contributed by atoms with Crippen molar-refractivity contribution in [3.8, 4) is 17.2 Å². The zero-order chi connectivity index (χ0) is 32.4. The van der Waals surface area contributed by atoms with E-state index in [2.05, 4.69) is 5.32 Å². The molecule has 0 heterocycles. The van der Waals surface area contributed by atoms with E-state index in [1.165, 1.54) is 56.6 Å². The summed E-state index contributed by atoms with van der Waals surface area (Å²) in [7, 11) is -0.198. The molecule has 0 aliphatic heterocycles. The summed E-state index contributed by atoms with van der Waals surface area (Å²) in [5.41, 5.74) is 0.838. The molecular weight excluding hydrogens is 606 g/mol. The number of carbonyl (C=O) groups is 2. The van der Waals surface area contributed by atoms with E-state index in [0.29, 0.717) is 18.6 Å². The van der Waals surface area contributed by atoms with E-state index in [1.54, 1.807) is 6.07 Å². The molecule has 3 aromatic rings. The zero-order valence-electron chi connectivity index (χ0n) is 25.9. The van der Waals surface area contributed by atoms with Crippen LogP contribution in [0.2, 0.25) is 5.02 Å². The monoisotopic (exact) mass is 645 g/mol. The van der Waals surface area contributed by atoms with E-state index in [0.717, 1.165) is 9.87 Å². The fourth-order valence-electron chi connectivity index (χ4n) is 4.62. The first-order valence-corrected chi connectivity index (χ1v) is 16.0. The van der Waals surface area contributed by atoms with E-state index in [9.17, 15) is 18.0 Å². The first kappa shape index (κ1) is 34.5. The predicted molar refractivity (Wildman–Crippen MR) is 171 cm³/mol. The zero-order valence-corrected chi connectivity index (χ0v) is 27.4. The Morgan fingerprint density at radius 3 is 2.09 bits per heavy atom. The Morgan fingerprint density at radius 1 is 0.864 bits per heavy atom. The Morgan fingerprint density at radius 2 is 1.50 bits per heavy atom. The third kappa shape index (κ3) is 8.15. The number of methoxy groups -OCH3 is 3. The molecule has 3 aromatic carbocycles. The third-order valence-corrected chi connectivity index (χ3v) is 9.20. The number of amides is 2. The average molecular weight is 646 g/mol. The number of anilines is 1. The number of nitrogens with zero attached hydrogens (tertiary/aromatic N) is 2. The van der Waals surface area contributed by atoms with Gasteiger partial charge in [0.1, 0.15) is 18.3 Å². The maximum atomic E-state index is 14.3. The Bertz CT molecular complexity index is 1540. The summed E-state index contributed by atoms with van der Waals surface area (Å²) in [6.07, 6.45) is 1.02. The van der Waals surface area contributed by atoms with Crippen molar-refractivity contribution in [1.82, 2.24) is 10.2 Å². The quantitative estimate of drug-likeness (QED) is 0.239. The highest BCUT2D eigenvalue weighted by atomic mass is 35.5. The largest absolute Gasteiger partial charge is 0.495 e. The van der Waals surface area contributed by atoms with Gasteiger partial charge in [-0.25, -0.2) is 8.42 Å². The van der Waals surface area contributed by atoms with Gasteiger partial charge in [0, 0.05) is 23.7 Å². The molecule has 0 saturated heterocycles. The lowest BCUT2D eigenvalue weighted by atomic mass is 10.1. The third-order valence-electron chi connectivity index (χ3n) is 7.21. The fraction of sp³-hybridized carbons (Fsp3) is 0.375. The van der Waals surface area contributed by atoms with Crippen LogP contribution in [-0.2, 0) is 26.2 Å². The number of sulfonamides is 1. The van der Waals surface area contributed by atoms with Gasteiger partial charge < -0.3 is 24.4 Å². The number of rotatable bonds is 15. The van der Waals surface area contributed by atoms with Gasteiger partial charge in [-0.1, -0.05) is 55.8 Å². The Hall–Kier alpha value is -3.96. The SMILES string of the molecule is CC[C@H](C)NC(=O)[C@H](CC)N(Cc1ccccc1)C(=O)CN(c1cc(Cl)ccc1OC)S(=O)(=O)c1ccc(OC)c(OC)c1. The first-order chi connectivity index (χ1) is 21.0. The number of benzene rings is 3. The summed E-state index contributed by atoms with van der Waals surface area (Å²) in [5, 5.41) is 3.20. The van der Waals surface area contributed by atoms with Crippen LogP contribution in [0.1, 0.15) is 39.2 Å². The van der Waals surface area contributed by atoms with Crippen molar-refractivity contribution in [3.05, 3.63) is 77.3 Å². The summed E-state index contributed by atoms with van der Waals surface area (Å²) >= 11 is 6.32. The first-order valence-electron chi connectivity index (χ1n) is 14.2. The second-order valence-corrected chi connectivity index (χ2v) is 12.4. The maximum Gasteiger partial charge on any atom is 0.265 e.